The van der Waals surface area contributed by atoms with Gasteiger partial charge < -0.3 is 0 Å². The van der Waals surface area contributed by atoms with Gasteiger partial charge in [0.1, 0.15) is 0 Å². The Morgan fingerprint density at radius 2 is 0.862 bits per heavy atom. The molecular weight excluding hydrogens is 494 g/mol. The summed E-state index contributed by atoms with van der Waals surface area (Å²) < 4.78 is 219. The molecule has 4 nitrogen and oxygen atoms in total. The third-order valence-electron chi connectivity index (χ3n) is 2.72. The molecule has 0 saturated carbocycles. The van der Waals surface area contributed by atoms with E-state index in [1.165, 1.54) is 0 Å². The maximum Gasteiger partial charge on any atom is 0.460 e. The Bertz CT molecular complexity index is 747. The fourth-order valence-electron chi connectivity index (χ4n) is 1.10. The van der Waals surface area contributed by atoms with Crippen molar-refractivity contribution in [3.63, 3.8) is 0 Å². The van der Waals surface area contributed by atoms with Gasteiger partial charge in [0.15, 0.2) is 0 Å². The first-order chi connectivity index (χ1) is 12.1. The van der Waals surface area contributed by atoms with E-state index in [-0.39, 0.29) is 0 Å². The monoisotopic (exact) mass is 495 g/mol. The minimum absolute atomic E-state index is 1.18. The molecule has 29 heavy (non-hydrogen) atoms. The molecule has 0 aromatic rings. The predicted molar refractivity (Wildman–Crippen MR) is 53.9 cm³/mol. The molecule has 0 atom stereocenters. The van der Waals surface area contributed by atoms with Crippen LogP contribution in [0.4, 0.5) is 70.2 Å². The zero-order valence-electron chi connectivity index (χ0n) is 12.2. The molecule has 0 fully saturated rings. The summed E-state index contributed by atoms with van der Waals surface area (Å²) in [6, 6.07) is 0. The van der Waals surface area contributed by atoms with Gasteiger partial charge in [0, 0.05) is 0 Å². The van der Waals surface area contributed by atoms with Crippen LogP contribution < -0.4 is 4.72 Å². The standard InChI is InChI=1S/C8HF16NO3S/c9-2(10,3(11,12)6(17,18)19)1(26)25-29(27,28)8(23,24)5(15,16)4(13,14)7(20,21)22/h(H,25,26). The van der Waals surface area contributed by atoms with Crippen LogP contribution in [0.25, 0.3) is 0 Å². The van der Waals surface area contributed by atoms with Crippen LogP contribution in [0.2, 0.25) is 0 Å². The maximum absolute atomic E-state index is 13.1. The summed E-state index contributed by atoms with van der Waals surface area (Å²) >= 11 is 0. The minimum Gasteiger partial charge on any atom is -0.267 e. The van der Waals surface area contributed by atoms with Crippen LogP contribution >= 0.6 is 0 Å². The Balaban J connectivity index is 6.26. The summed E-state index contributed by atoms with van der Waals surface area (Å²) in [5, 5.41) is -7.84. The molecule has 0 rings (SSSR count). The first-order valence-electron chi connectivity index (χ1n) is 5.72. The number of carbonyl (C=O) groups excluding carboxylic acids is 1. The van der Waals surface area contributed by atoms with Crippen LogP contribution in [0.15, 0.2) is 0 Å². The molecule has 1 amide bonds. The summed E-state index contributed by atoms with van der Waals surface area (Å²) in [6.07, 6.45) is -15.0. The second-order valence-corrected chi connectivity index (χ2v) is 6.47. The average Bonchev–Trinajstić information content (AvgIpc) is 2.43. The van der Waals surface area contributed by atoms with Gasteiger partial charge in [0.05, 0.1) is 0 Å². The Morgan fingerprint density at radius 3 is 1.14 bits per heavy atom. The lowest BCUT2D eigenvalue weighted by Crippen LogP contribution is -2.67. The fraction of sp³-hybridized carbons (Fsp3) is 0.875. The van der Waals surface area contributed by atoms with E-state index in [1.54, 1.807) is 0 Å². The highest BCUT2D eigenvalue weighted by molar-refractivity contribution is 7.91. The molecule has 0 aromatic heterocycles. The number of carbonyl (C=O) groups is 1. The summed E-state index contributed by atoms with van der Waals surface area (Å²) in [5.41, 5.74) is 0. The van der Waals surface area contributed by atoms with Crippen molar-refractivity contribution in [3.05, 3.63) is 0 Å². The SMILES string of the molecule is O=C(NS(=O)(=O)C(F)(F)C(F)(F)C(F)(F)C(F)(F)F)C(F)(F)C(F)(F)C(F)(F)F. The van der Waals surface area contributed by atoms with E-state index in [0.29, 0.717) is 0 Å². The Kier molecular flexibility index (Phi) is 6.26. The molecule has 1 N–H and O–H groups in total. The normalized spacial score (nSPS) is 16.0. The lowest BCUT2D eigenvalue weighted by molar-refractivity contribution is -0.382. The van der Waals surface area contributed by atoms with Crippen molar-refractivity contribution in [1.82, 2.24) is 4.72 Å². The lowest BCUT2D eigenvalue weighted by Gasteiger charge is -2.33. The second kappa shape index (κ2) is 6.65. The van der Waals surface area contributed by atoms with Gasteiger partial charge in [0.2, 0.25) is 0 Å². The second-order valence-electron chi connectivity index (χ2n) is 4.74. The molecule has 0 unspecified atom stereocenters. The zero-order valence-corrected chi connectivity index (χ0v) is 13.0. The number of halogens is 16. The molecule has 0 saturated heterocycles. The largest absolute Gasteiger partial charge is 0.460 e. The Hall–Kier alpha value is -1.70. The summed E-state index contributed by atoms with van der Waals surface area (Å²) in [7, 11) is -8.19. The molecule has 21 heteroatoms. The number of hydrogen-bond donors (Lipinski definition) is 1. The van der Waals surface area contributed by atoms with Gasteiger partial charge >= 0.3 is 57.2 Å². The maximum atomic E-state index is 13.1. The van der Waals surface area contributed by atoms with Crippen molar-refractivity contribution in [2.75, 3.05) is 0 Å². The molecule has 0 aliphatic heterocycles. The number of nitrogens with one attached hydrogen (secondary N) is 1. The quantitative estimate of drug-likeness (QED) is 0.573. The van der Waals surface area contributed by atoms with Crippen LogP contribution in [-0.2, 0) is 14.8 Å². The van der Waals surface area contributed by atoms with Gasteiger partial charge in [0.25, 0.3) is 0 Å². The van der Waals surface area contributed by atoms with Gasteiger partial charge in [-0.2, -0.15) is 78.7 Å². The van der Waals surface area contributed by atoms with E-state index in [2.05, 4.69) is 0 Å². The first kappa shape index (κ1) is 27.3. The van der Waals surface area contributed by atoms with E-state index in [0.717, 1.165) is 0 Å². The highest BCUT2D eigenvalue weighted by Gasteiger charge is 2.86. The van der Waals surface area contributed by atoms with E-state index < -0.39 is 61.9 Å². The molecule has 0 aromatic carbocycles. The number of hydrogen-bond acceptors (Lipinski definition) is 3. The Labute approximate surface area is 146 Å². The minimum atomic E-state index is -8.19. The van der Waals surface area contributed by atoms with Crippen molar-refractivity contribution in [2.24, 2.45) is 0 Å². The molecule has 0 bridgehead atoms. The van der Waals surface area contributed by atoms with Crippen LogP contribution in [0.3, 0.4) is 0 Å². The third-order valence-corrected chi connectivity index (χ3v) is 4.10. The van der Waals surface area contributed by atoms with Crippen molar-refractivity contribution < 1.29 is 83.5 Å². The average molecular weight is 495 g/mol. The predicted octanol–water partition coefficient (Wildman–Crippen LogP) is 3.69. The molecule has 0 aliphatic carbocycles. The van der Waals surface area contributed by atoms with Crippen molar-refractivity contribution >= 4 is 15.9 Å². The molecule has 0 spiro atoms. The lowest BCUT2D eigenvalue weighted by atomic mass is 10.1. The molecular formula is C8HF16NO3S. The van der Waals surface area contributed by atoms with Crippen molar-refractivity contribution in [3.8, 4) is 0 Å². The first-order valence-corrected chi connectivity index (χ1v) is 7.20. The van der Waals surface area contributed by atoms with E-state index in [4.69, 9.17) is 0 Å². The van der Waals surface area contributed by atoms with Gasteiger partial charge in [-0.1, -0.05) is 0 Å². The van der Waals surface area contributed by atoms with Crippen LogP contribution in [0.1, 0.15) is 0 Å². The number of amides is 1. The number of alkyl halides is 16. The summed E-state index contributed by atoms with van der Waals surface area (Å²) in [6.45, 7) is 0. The van der Waals surface area contributed by atoms with Crippen LogP contribution in [0.5, 0.6) is 0 Å². The Morgan fingerprint density at radius 1 is 0.552 bits per heavy atom. The third kappa shape index (κ3) is 3.88. The molecule has 174 valence electrons. The highest BCUT2D eigenvalue weighted by atomic mass is 32.2. The zero-order chi connectivity index (χ0) is 24.3. The molecule has 0 aliphatic rings. The fourth-order valence-corrected chi connectivity index (χ4v) is 2.07. The summed E-state index contributed by atoms with van der Waals surface area (Å²) in [4.78, 5) is 10.6. The summed E-state index contributed by atoms with van der Waals surface area (Å²) in [5.74, 6) is -35.4. The van der Waals surface area contributed by atoms with E-state index in [9.17, 15) is 83.5 Å². The molecule has 0 heterocycles. The van der Waals surface area contributed by atoms with Crippen molar-refractivity contribution in [1.29, 1.82) is 0 Å². The number of sulfonamides is 1. The molecule has 0 radical (unpaired) electrons. The topological polar surface area (TPSA) is 63.2 Å². The van der Waals surface area contributed by atoms with Gasteiger partial charge in [-0.05, 0) is 0 Å². The van der Waals surface area contributed by atoms with Crippen LogP contribution in [-0.4, -0.2) is 55.6 Å². The van der Waals surface area contributed by atoms with Crippen LogP contribution in [0, 0.1) is 0 Å². The number of rotatable bonds is 6. The highest BCUT2D eigenvalue weighted by Crippen LogP contribution is 2.54. The van der Waals surface area contributed by atoms with Crippen molar-refractivity contribution in [2.45, 2.75) is 41.3 Å². The van der Waals surface area contributed by atoms with E-state index in [1.807, 2.05) is 0 Å². The van der Waals surface area contributed by atoms with Gasteiger partial charge in [-0.15, -0.1) is 0 Å². The van der Waals surface area contributed by atoms with E-state index >= 15 is 0 Å². The smallest absolute Gasteiger partial charge is 0.267 e. The van der Waals surface area contributed by atoms with Gasteiger partial charge in [-0.25, -0.2) is 4.72 Å². The van der Waals surface area contributed by atoms with Gasteiger partial charge in [-0.3, -0.25) is 4.79 Å².